The summed E-state index contributed by atoms with van der Waals surface area (Å²) < 4.78 is 11.6. The molecule has 3 fully saturated rings. The number of carbonyl (C=O) groups excluding carboxylic acids is 4. The lowest BCUT2D eigenvalue weighted by atomic mass is 9.51. The van der Waals surface area contributed by atoms with Crippen LogP contribution in [0.3, 0.4) is 0 Å². The Kier molecular flexibility index (Phi) is 8.60. The first-order valence-corrected chi connectivity index (χ1v) is 18.4. The molecule has 0 radical (unpaired) electrons. The predicted octanol–water partition coefficient (Wildman–Crippen LogP) is 7.78. The summed E-state index contributed by atoms with van der Waals surface area (Å²) in [5.74, 6) is -3.23. The minimum absolute atomic E-state index is 0.00491. The van der Waals surface area contributed by atoms with Gasteiger partial charge in [0.05, 0.1) is 48.8 Å². The van der Waals surface area contributed by atoms with Gasteiger partial charge in [-0.2, -0.15) is 0 Å². The molecule has 53 heavy (non-hydrogen) atoms. The maximum atomic E-state index is 14.6. The van der Waals surface area contributed by atoms with E-state index in [-0.39, 0.29) is 35.8 Å². The van der Waals surface area contributed by atoms with Crippen molar-refractivity contribution in [3.05, 3.63) is 124 Å². The second-order valence-corrected chi connectivity index (χ2v) is 15.2. The molecule has 6 atom stereocenters. The summed E-state index contributed by atoms with van der Waals surface area (Å²) in [4.78, 5) is 60.1. The molecular weight excluding hydrogens is 736 g/mol. The molecule has 1 N–H and O–H groups in total. The van der Waals surface area contributed by atoms with Crippen LogP contribution in [0.5, 0.6) is 17.2 Å². The number of imide groups is 2. The number of amides is 4. The molecule has 8 rings (SSSR count). The van der Waals surface area contributed by atoms with E-state index in [0.717, 1.165) is 16.7 Å². The molecule has 268 valence electrons. The zero-order valence-corrected chi connectivity index (χ0v) is 30.9. The van der Waals surface area contributed by atoms with Gasteiger partial charge in [-0.3, -0.25) is 24.1 Å². The Morgan fingerprint density at radius 2 is 1.53 bits per heavy atom. The van der Waals surface area contributed by atoms with E-state index in [4.69, 9.17) is 9.47 Å². The van der Waals surface area contributed by atoms with Crippen LogP contribution in [-0.4, -0.2) is 43.0 Å². The summed E-state index contributed by atoms with van der Waals surface area (Å²) in [6, 6.07) is 26.7. The van der Waals surface area contributed by atoms with Crippen LogP contribution in [0.1, 0.15) is 42.4 Å². The number of phenols is 1. The largest absolute Gasteiger partial charge is 0.508 e. The molecule has 2 aliphatic carbocycles. The molecule has 0 bridgehead atoms. The number of methoxy groups -OCH3 is 2. The van der Waals surface area contributed by atoms with E-state index in [9.17, 15) is 24.3 Å². The fourth-order valence-corrected chi connectivity index (χ4v) is 9.46. The lowest BCUT2D eigenvalue weighted by Gasteiger charge is -2.49. The number of halogens is 1. The highest BCUT2D eigenvalue weighted by atomic mass is 79.9. The van der Waals surface area contributed by atoms with Gasteiger partial charge in [0, 0.05) is 21.5 Å². The molecule has 4 aliphatic rings. The zero-order valence-electron chi connectivity index (χ0n) is 29.4. The normalized spacial score (nSPS) is 26.4. The van der Waals surface area contributed by atoms with Crippen molar-refractivity contribution in [2.75, 3.05) is 24.0 Å². The third kappa shape index (κ3) is 5.41. The summed E-state index contributed by atoms with van der Waals surface area (Å²) in [6.45, 7) is 1.81. The van der Waals surface area contributed by atoms with E-state index in [0.29, 0.717) is 39.3 Å². The van der Waals surface area contributed by atoms with E-state index in [2.05, 4.69) is 15.9 Å². The fraction of sp³-hybridized carbons (Fsp3) is 0.256. The molecule has 4 amide bonds. The van der Waals surface area contributed by atoms with Gasteiger partial charge in [0.2, 0.25) is 23.6 Å². The first-order chi connectivity index (χ1) is 25.6. The van der Waals surface area contributed by atoms with Gasteiger partial charge >= 0.3 is 0 Å². The Labute approximate surface area is 315 Å². The molecule has 2 heterocycles. The van der Waals surface area contributed by atoms with Gasteiger partial charge < -0.3 is 14.6 Å². The van der Waals surface area contributed by atoms with Gasteiger partial charge in [0.25, 0.3) is 0 Å². The number of hydrogen-bond acceptors (Lipinski definition) is 7. The highest BCUT2D eigenvalue weighted by Gasteiger charge is 2.68. The Hall–Kier alpha value is -5.48. The predicted molar refractivity (Wildman–Crippen MR) is 204 cm³/mol. The van der Waals surface area contributed by atoms with E-state index < -0.39 is 35.0 Å². The summed E-state index contributed by atoms with van der Waals surface area (Å²) >= 11 is 3.54. The van der Waals surface area contributed by atoms with Gasteiger partial charge in [0.15, 0.2) is 0 Å². The summed E-state index contributed by atoms with van der Waals surface area (Å²) in [5, 5.41) is 11.3. The van der Waals surface area contributed by atoms with Crippen molar-refractivity contribution < 1.29 is 33.8 Å². The molecule has 4 aromatic carbocycles. The third-order valence-corrected chi connectivity index (χ3v) is 12.1. The number of allylic oxidation sites excluding steroid dienone is 2. The average Bonchev–Trinajstić information content (AvgIpc) is 3.54. The average molecular weight is 774 g/mol. The van der Waals surface area contributed by atoms with Crippen molar-refractivity contribution in [1.29, 1.82) is 0 Å². The van der Waals surface area contributed by atoms with Crippen LogP contribution in [0.4, 0.5) is 11.4 Å². The van der Waals surface area contributed by atoms with Gasteiger partial charge in [0.1, 0.15) is 17.2 Å². The van der Waals surface area contributed by atoms with Gasteiger partial charge in [-0.05, 0) is 91.9 Å². The van der Waals surface area contributed by atoms with Crippen LogP contribution >= 0.6 is 15.9 Å². The Bertz CT molecular complexity index is 2230. The second kappa shape index (κ2) is 13.2. The van der Waals surface area contributed by atoms with Gasteiger partial charge in [-0.1, -0.05) is 70.1 Å². The second-order valence-electron chi connectivity index (χ2n) is 14.2. The maximum absolute atomic E-state index is 14.6. The van der Waals surface area contributed by atoms with Crippen molar-refractivity contribution >= 4 is 63.1 Å². The van der Waals surface area contributed by atoms with Crippen LogP contribution in [-0.2, 0) is 19.2 Å². The van der Waals surface area contributed by atoms with Gasteiger partial charge in [-0.25, -0.2) is 4.90 Å². The van der Waals surface area contributed by atoms with E-state index in [1.54, 1.807) is 68.8 Å². The van der Waals surface area contributed by atoms with Crippen molar-refractivity contribution in [3.8, 4) is 17.2 Å². The Morgan fingerprint density at radius 3 is 2.25 bits per heavy atom. The topological polar surface area (TPSA) is 113 Å². The number of fused-ring (bicyclic) bond motifs is 4. The molecule has 2 saturated heterocycles. The zero-order chi connectivity index (χ0) is 37.2. The molecule has 10 heteroatoms. The number of hydrogen-bond donors (Lipinski definition) is 1. The number of para-hydroxylation sites is 1. The number of nitrogens with zero attached hydrogens (tertiary/aromatic N) is 2. The number of phenolic OH excluding ortho intramolecular Hbond substituents is 1. The minimum atomic E-state index is -1.25. The van der Waals surface area contributed by atoms with Crippen LogP contribution in [0.25, 0.3) is 12.2 Å². The molecule has 0 spiro atoms. The first-order valence-electron chi connectivity index (χ1n) is 17.6. The molecule has 4 aromatic rings. The lowest BCUT2D eigenvalue weighted by Crippen LogP contribution is -2.48. The Morgan fingerprint density at radius 1 is 0.792 bits per heavy atom. The van der Waals surface area contributed by atoms with Crippen LogP contribution in [0, 0.1) is 29.1 Å². The monoisotopic (exact) mass is 772 g/mol. The number of carbonyl (C=O) groups is 4. The number of ether oxygens (including phenoxy) is 2. The quantitative estimate of drug-likeness (QED) is 0.116. The minimum Gasteiger partial charge on any atom is -0.508 e. The molecule has 2 aliphatic heterocycles. The van der Waals surface area contributed by atoms with E-state index >= 15 is 0 Å². The number of benzene rings is 4. The van der Waals surface area contributed by atoms with Crippen molar-refractivity contribution in [2.24, 2.45) is 29.1 Å². The van der Waals surface area contributed by atoms with Crippen molar-refractivity contribution in [2.45, 2.75) is 25.7 Å². The molecule has 0 aromatic heterocycles. The third-order valence-electron chi connectivity index (χ3n) is 11.6. The van der Waals surface area contributed by atoms with Crippen LogP contribution in [0.2, 0.25) is 0 Å². The molecule has 1 saturated carbocycles. The molecule has 9 nitrogen and oxygen atoms in total. The smallest absolute Gasteiger partial charge is 0.241 e. The van der Waals surface area contributed by atoms with Crippen molar-refractivity contribution in [3.63, 3.8) is 0 Å². The summed E-state index contributed by atoms with van der Waals surface area (Å²) in [5.41, 5.74) is 2.70. The number of rotatable bonds is 7. The molecule has 6 unspecified atom stereocenters. The summed E-state index contributed by atoms with van der Waals surface area (Å²) in [7, 11) is 3.21. The van der Waals surface area contributed by atoms with Crippen LogP contribution in [0.15, 0.2) is 107 Å². The summed E-state index contributed by atoms with van der Waals surface area (Å²) in [6.07, 6.45) is 6.34. The first kappa shape index (κ1) is 34.6. The lowest BCUT2D eigenvalue weighted by molar-refractivity contribution is -0.131. The van der Waals surface area contributed by atoms with E-state index in [1.807, 2.05) is 61.5 Å². The SMILES string of the molecule is COc1ccc(OC)c(C=Cc2ccc(N3C(=O)C4CC=C5C(CC6C(=O)N(c7ccccc7)C(=O)C6(C)C5c5cc(Br)ccc5O)C4C3=O)cc2)c1. The fourth-order valence-electron chi connectivity index (χ4n) is 9.08. The van der Waals surface area contributed by atoms with Crippen molar-refractivity contribution in [1.82, 2.24) is 0 Å². The van der Waals surface area contributed by atoms with Crippen LogP contribution < -0.4 is 19.3 Å². The highest BCUT2D eigenvalue weighted by Crippen LogP contribution is 2.64. The van der Waals surface area contributed by atoms with Gasteiger partial charge in [-0.15, -0.1) is 0 Å². The highest BCUT2D eigenvalue weighted by molar-refractivity contribution is 9.10. The Balaban J connectivity index is 1.14. The number of anilines is 2. The number of aromatic hydroxyl groups is 1. The maximum Gasteiger partial charge on any atom is 0.241 e. The standard InChI is InChI=1S/C43H37BrN2O7/c1-43-34(40(49)46(42(43)51)27-7-5-4-6-8-27)23-32-30(38(43)33-22-26(44)13-19-35(33)47)17-18-31-37(32)41(50)45(39(31)48)28-14-10-24(11-15-28)9-12-25-21-29(52-2)16-20-36(25)53-3/h4-17,19-22,31-32,34,37-38,47H,18,23H2,1-3H3. The van der Waals surface area contributed by atoms with E-state index in [1.165, 1.54) is 9.80 Å². The molecular formula is C43H37BrN2O7.